The van der Waals surface area contributed by atoms with Gasteiger partial charge in [-0.1, -0.05) is 30.4 Å². The Hall–Kier alpha value is -2.80. The molecule has 0 N–H and O–H groups in total. The molecule has 0 spiro atoms. The first-order valence-corrected chi connectivity index (χ1v) is 6.02. The van der Waals surface area contributed by atoms with Gasteiger partial charge in [0.2, 0.25) is 12.2 Å². The molecule has 20 heavy (non-hydrogen) atoms. The summed E-state index contributed by atoms with van der Waals surface area (Å²) in [5.41, 5.74) is 2.74. The van der Waals surface area contributed by atoms with Crippen molar-refractivity contribution in [2.24, 2.45) is 9.98 Å². The van der Waals surface area contributed by atoms with Crippen LogP contribution in [0.25, 0.3) is 0 Å². The minimum atomic E-state index is 0.584. The Balaban J connectivity index is 2.84. The number of carbonyl (C=O) groups excluding carboxylic acids is 2. The van der Waals surface area contributed by atoms with Gasteiger partial charge in [-0.3, -0.25) is 0 Å². The third kappa shape index (κ3) is 5.69. The van der Waals surface area contributed by atoms with Gasteiger partial charge < -0.3 is 0 Å². The van der Waals surface area contributed by atoms with Crippen molar-refractivity contribution in [3.05, 3.63) is 65.9 Å². The standard InChI is InChI=1S/C16H14N2O2/c1-2-4-14(5-3-10-17-12-19)11-15-6-8-16(9-7-15)18-13-20/h2-10H,11H2,1H3/b4-2-,10-3+,14-5+. The third-order valence-electron chi connectivity index (χ3n) is 2.42. The van der Waals surface area contributed by atoms with Crippen LogP contribution in [-0.4, -0.2) is 12.2 Å². The predicted molar refractivity (Wildman–Crippen MR) is 78.1 cm³/mol. The van der Waals surface area contributed by atoms with Gasteiger partial charge in [0.15, 0.2) is 0 Å². The molecule has 0 fully saturated rings. The summed E-state index contributed by atoms with van der Waals surface area (Å²) < 4.78 is 0. The average molecular weight is 266 g/mol. The van der Waals surface area contributed by atoms with E-state index in [0.717, 1.165) is 17.6 Å². The summed E-state index contributed by atoms with van der Waals surface area (Å²) in [5, 5.41) is 0. The number of nitrogens with zero attached hydrogens (tertiary/aromatic N) is 2. The number of hydrogen-bond acceptors (Lipinski definition) is 4. The normalized spacial score (nSPS) is 11.3. The smallest absolute Gasteiger partial charge is 0.211 e. The first-order chi connectivity index (χ1) is 9.80. The molecule has 0 heterocycles. The number of hydrogen-bond donors (Lipinski definition) is 0. The number of rotatable bonds is 6. The number of aliphatic imine (C=N–C) groups is 2. The molecule has 1 rings (SSSR count). The Bertz CT molecular complexity index is 612. The van der Waals surface area contributed by atoms with Gasteiger partial charge in [0.1, 0.15) is 0 Å². The summed E-state index contributed by atoms with van der Waals surface area (Å²) >= 11 is 0. The summed E-state index contributed by atoms with van der Waals surface area (Å²) in [6.45, 7) is 1.93. The van der Waals surface area contributed by atoms with E-state index in [-0.39, 0.29) is 0 Å². The zero-order chi connectivity index (χ0) is 14.6. The fourth-order valence-corrected chi connectivity index (χ4v) is 1.60. The van der Waals surface area contributed by atoms with Crippen molar-refractivity contribution in [3.63, 3.8) is 0 Å². The Labute approximate surface area is 117 Å². The SMILES string of the molecule is C\C=C/C(=C\C=C\N=C=O)Cc1ccc(N=C=O)cc1. The molecule has 0 amide bonds. The lowest BCUT2D eigenvalue weighted by atomic mass is 10.0. The summed E-state index contributed by atoms with van der Waals surface area (Å²) in [4.78, 5) is 27.0. The fraction of sp³-hybridized carbons (Fsp3) is 0.125. The van der Waals surface area contributed by atoms with E-state index in [4.69, 9.17) is 0 Å². The molecule has 4 heteroatoms. The van der Waals surface area contributed by atoms with Crippen LogP contribution < -0.4 is 0 Å². The number of allylic oxidation sites excluding steroid dienone is 5. The predicted octanol–water partition coefficient (Wildman–Crippen LogP) is 3.55. The van der Waals surface area contributed by atoms with Crippen LogP contribution in [0.5, 0.6) is 0 Å². The van der Waals surface area contributed by atoms with Gasteiger partial charge in [0.25, 0.3) is 0 Å². The van der Waals surface area contributed by atoms with Gasteiger partial charge in [0.05, 0.1) is 5.69 Å². The molecule has 1 aromatic carbocycles. The second-order valence-electron chi connectivity index (χ2n) is 3.85. The van der Waals surface area contributed by atoms with Crippen molar-refractivity contribution in [2.45, 2.75) is 13.3 Å². The Morgan fingerprint density at radius 1 is 1.20 bits per heavy atom. The minimum Gasteiger partial charge on any atom is -0.211 e. The van der Waals surface area contributed by atoms with Crippen molar-refractivity contribution in [1.29, 1.82) is 0 Å². The van der Waals surface area contributed by atoms with Gasteiger partial charge in [-0.05, 0) is 42.7 Å². The highest BCUT2D eigenvalue weighted by atomic mass is 16.1. The molecule has 100 valence electrons. The van der Waals surface area contributed by atoms with E-state index in [1.165, 1.54) is 18.4 Å². The summed E-state index contributed by atoms with van der Waals surface area (Å²) in [7, 11) is 0. The van der Waals surface area contributed by atoms with E-state index >= 15 is 0 Å². The molecule has 4 nitrogen and oxygen atoms in total. The van der Waals surface area contributed by atoms with E-state index < -0.39 is 0 Å². The molecule has 0 saturated heterocycles. The molecule has 0 radical (unpaired) electrons. The van der Waals surface area contributed by atoms with Crippen molar-refractivity contribution < 1.29 is 9.59 Å². The Morgan fingerprint density at radius 3 is 2.55 bits per heavy atom. The van der Waals surface area contributed by atoms with E-state index in [9.17, 15) is 9.59 Å². The monoisotopic (exact) mass is 266 g/mol. The lowest BCUT2D eigenvalue weighted by Gasteiger charge is -2.02. The second-order valence-corrected chi connectivity index (χ2v) is 3.85. The molecule has 0 atom stereocenters. The van der Waals surface area contributed by atoms with Crippen LogP contribution in [0.4, 0.5) is 5.69 Å². The first-order valence-electron chi connectivity index (χ1n) is 6.02. The molecule has 0 unspecified atom stereocenters. The van der Waals surface area contributed by atoms with Crippen LogP contribution in [0.2, 0.25) is 0 Å². The maximum atomic E-state index is 10.1. The largest absolute Gasteiger partial charge is 0.240 e. The summed E-state index contributed by atoms with van der Waals surface area (Å²) in [6.07, 6.45) is 12.5. The molecule has 0 bridgehead atoms. The highest BCUT2D eigenvalue weighted by molar-refractivity contribution is 5.49. The number of isocyanates is 2. The average Bonchev–Trinajstić information content (AvgIpc) is 2.46. The first kappa shape index (κ1) is 15.3. The van der Waals surface area contributed by atoms with E-state index in [2.05, 4.69) is 9.98 Å². The van der Waals surface area contributed by atoms with Gasteiger partial charge >= 0.3 is 0 Å². The van der Waals surface area contributed by atoms with E-state index in [1.807, 2.05) is 37.3 Å². The quantitative estimate of drug-likeness (QED) is 0.449. The lowest BCUT2D eigenvalue weighted by Crippen LogP contribution is -1.87. The molecular formula is C16H14N2O2. The van der Waals surface area contributed by atoms with Crippen molar-refractivity contribution in [2.75, 3.05) is 0 Å². The van der Waals surface area contributed by atoms with Crippen molar-refractivity contribution in [3.8, 4) is 0 Å². The topological polar surface area (TPSA) is 58.9 Å². The zero-order valence-corrected chi connectivity index (χ0v) is 11.1. The van der Waals surface area contributed by atoms with Crippen LogP contribution in [0.1, 0.15) is 12.5 Å². The molecule has 0 aliphatic heterocycles. The Kier molecular flexibility index (Phi) is 7.00. The zero-order valence-electron chi connectivity index (χ0n) is 11.1. The molecule has 0 aliphatic carbocycles. The molecule has 0 aliphatic rings. The highest BCUT2D eigenvalue weighted by Crippen LogP contribution is 2.15. The lowest BCUT2D eigenvalue weighted by molar-refractivity contribution is 0.564. The maximum Gasteiger partial charge on any atom is 0.240 e. The van der Waals surface area contributed by atoms with Crippen LogP contribution in [-0.2, 0) is 16.0 Å². The van der Waals surface area contributed by atoms with Gasteiger partial charge in [-0.2, -0.15) is 9.98 Å². The van der Waals surface area contributed by atoms with Crippen LogP contribution in [0.3, 0.4) is 0 Å². The highest BCUT2D eigenvalue weighted by Gasteiger charge is 1.96. The van der Waals surface area contributed by atoms with Gasteiger partial charge in [-0.15, -0.1) is 0 Å². The third-order valence-corrected chi connectivity index (χ3v) is 2.42. The van der Waals surface area contributed by atoms with Gasteiger partial charge in [0, 0.05) is 6.20 Å². The molecule has 1 aromatic rings. The minimum absolute atomic E-state index is 0.584. The Morgan fingerprint density at radius 2 is 1.95 bits per heavy atom. The van der Waals surface area contributed by atoms with Crippen molar-refractivity contribution in [1.82, 2.24) is 0 Å². The molecule has 0 aromatic heterocycles. The molecular weight excluding hydrogens is 252 g/mol. The maximum absolute atomic E-state index is 10.1. The summed E-state index contributed by atoms with van der Waals surface area (Å²) in [6, 6.07) is 7.33. The van der Waals surface area contributed by atoms with E-state index in [0.29, 0.717) is 5.69 Å². The van der Waals surface area contributed by atoms with E-state index in [1.54, 1.807) is 18.2 Å². The van der Waals surface area contributed by atoms with Gasteiger partial charge in [-0.25, -0.2) is 9.59 Å². The van der Waals surface area contributed by atoms with Crippen molar-refractivity contribution >= 4 is 17.8 Å². The summed E-state index contributed by atoms with van der Waals surface area (Å²) in [5.74, 6) is 0. The second kappa shape index (κ2) is 9.17. The number of benzene rings is 1. The van der Waals surface area contributed by atoms with Crippen LogP contribution in [0, 0.1) is 0 Å². The van der Waals surface area contributed by atoms with Crippen LogP contribution >= 0.6 is 0 Å². The fourth-order valence-electron chi connectivity index (χ4n) is 1.60. The van der Waals surface area contributed by atoms with Crippen LogP contribution in [0.15, 0.2) is 70.3 Å². The molecule has 0 saturated carbocycles.